The predicted octanol–water partition coefficient (Wildman–Crippen LogP) is 1.25. The molecule has 1 N–H and O–H groups in total. The number of benzene rings is 1. The zero-order valence-electron chi connectivity index (χ0n) is 8.30. The summed E-state index contributed by atoms with van der Waals surface area (Å²) < 4.78 is 5.12. The van der Waals surface area contributed by atoms with Gasteiger partial charge in [0, 0.05) is 13.1 Å². The van der Waals surface area contributed by atoms with Gasteiger partial charge in [-0.05, 0) is 18.6 Å². The van der Waals surface area contributed by atoms with Crippen molar-refractivity contribution in [3.63, 3.8) is 0 Å². The number of carbonyl (C=O) groups is 1. The number of rotatable bonds is 1. The average Bonchev–Trinajstić information content (AvgIpc) is 2.66. The molecule has 0 aliphatic carbocycles. The van der Waals surface area contributed by atoms with Gasteiger partial charge in [0.05, 0.1) is 6.10 Å². The molecule has 0 unspecified atom stereocenters. The molecule has 1 aliphatic heterocycles. The van der Waals surface area contributed by atoms with Crippen LogP contribution in [0.15, 0.2) is 30.3 Å². The van der Waals surface area contributed by atoms with Crippen LogP contribution in [0.4, 0.5) is 4.79 Å². The Morgan fingerprint density at radius 1 is 1.40 bits per heavy atom. The van der Waals surface area contributed by atoms with E-state index in [4.69, 9.17) is 4.74 Å². The SMILES string of the molecule is O=C(Oc1ccccc1)N1CC[C@@H](O)C1. The lowest BCUT2D eigenvalue weighted by atomic mass is 10.3. The van der Waals surface area contributed by atoms with E-state index in [0.29, 0.717) is 25.3 Å². The molecule has 1 amide bonds. The number of para-hydroxylation sites is 1. The minimum absolute atomic E-state index is 0.367. The Balaban J connectivity index is 1.93. The number of amides is 1. The van der Waals surface area contributed by atoms with Crippen LogP contribution >= 0.6 is 0 Å². The zero-order valence-corrected chi connectivity index (χ0v) is 8.30. The Hall–Kier alpha value is -1.55. The molecule has 1 fully saturated rings. The Morgan fingerprint density at radius 2 is 2.13 bits per heavy atom. The molecule has 1 atom stereocenters. The highest BCUT2D eigenvalue weighted by Crippen LogP contribution is 2.14. The molecular formula is C11H13NO3. The third kappa shape index (κ3) is 2.47. The molecule has 4 heteroatoms. The standard InChI is InChI=1S/C11H13NO3/c13-9-6-7-12(8-9)11(14)15-10-4-2-1-3-5-10/h1-5,9,13H,6-8H2/t9-/m1/s1. The Bertz CT molecular complexity index is 339. The minimum atomic E-state index is -0.409. The maximum Gasteiger partial charge on any atom is 0.415 e. The van der Waals surface area contributed by atoms with Gasteiger partial charge < -0.3 is 14.7 Å². The molecule has 1 saturated heterocycles. The maximum atomic E-state index is 11.6. The van der Waals surface area contributed by atoms with E-state index >= 15 is 0 Å². The molecule has 0 radical (unpaired) electrons. The van der Waals surface area contributed by atoms with E-state index < -0.39 is 12.2 Å². The van der Waals surface area contributed by atoms with Crippen molar-refractivity contribution in [3.05, 3.63) is 30.3 Å². The third-order valence-electron chi connectivity index (χ3n) is 2.37. The molecule has 1 aliphatic rings. The first-order chi connectivity index (χ1) is 7.25. The Morgan fingerprint density at radius 3 is 2.73 bits per heavy atom. The van der Waals surface area contributed by atoms with Crippen LogP contribution in [0.3, 0.4) is 0 Å². The van der Waals surface area contributed by atoms with Gasteiger partial charge in [-0.2, -0.15) is 0 Å². The highest BCUT2D eigenvalue weighted by atomic mass is 16.6. The first-order valence-electron chi connectivity index (χ1n) is 4.95. The number of aliphatic hydroxyl groups is 1. The van der Waals surface area contributed by atoms with Gasteiger partial charge in [0.1, 0.15) is 5.75 Å². The Labute approximate surface area is 88.1 Å². The van der Waals surface area contributed by atoms with Crippen molar-refractivity contribution in [2.45, 2.75) is 12.5 Å². The summed E-state index contributed by atoms with van der Waals surface area (Å²) in [6.07, 6.45) is -0.171. The van der Waals surface area contributed by atoms with Gasteiger partial charge >= 0.3 is 6.09 Å². The molecule has 0 spiro atoms. The number of carbonyl (C=O) groups excluding carboxylic acids is 1. The number of hydrogen-bond acceptors (Lipinski definition) is 3. The maximum absolute atomic E-state index is 11.6. The molecule has 0 bridgehead atoms. The molecule has 2 rings (SSSR count). The summed E-state index contributed by atoms with van der Waals surface area (Å²) >= 11 is 0. The van der Waals surface area contributed by atoms with Crippen molar-refractivity contribution < 1.29 is 14.6 Å². The van der Waals surface area contributed by atoms with Crippen molar-refractivity contribution in [2.75, 3.05) is 13.1 Å². The summed E-state index contributed by atoms with van der Waals surface area (Å²) in [6, 6.07) is 8.93. The predicted molar refractivity (Wildman–Crippen MR) is 54.7 cm³/mol. The number of β-amino-alcohol motifs (C(OH)–C–C–N with tert-alkyl or cyclic N) is 1. The monoisotopic (exact) mass is 207 g/mol. The number of ether oxygens (including phenoxy) is 1. The summed E-state index contributed by atoms with van der Waals surface area (Å²) in [5.41, 5.74) is 0. The van der Waals surface area contributed by atoms with Crippen LogP contribution in [0.5, 0.6) is 5.75 Å². The van der Waals surface area contributed by atoms with Gasteiger partial charge in [0.2, 0.25) is 0 Å². The molecule has 0 aromatic heterocycles. The van der Waals surface area contributed by atoms with Crippen LogP contribution in [0.1, 0.15) is 6.42 Å². The second-order valence-electron chi connectivity index (χ2n) is 3.57. The molecule has 80 valence electrons. The quantitative estimate of drug-likeness (QED) is 0.754. The van der Waals surface area contributed by atoms with E-state index in [9.17, 15) is 9.90 Å². The van der Waals surface area contributed by atoms with Gasteiger partial charge in [-0.15, -0.1) is 0 Å². The summed E-state index contributed by atoms with van der Waals surface area (Å²) in [4.78, 5) is 13.1. The topological polar surface area (TPSA) is 49.8 Å². The van der Waals surface area contributed by atoms with Gasteiger partial charge in [-0.1, -0.05) is 18.2 Å². The lowest BCUT2D eigenvalue weighted by molar-refractivity contribution is 0.145. The lowest BCUT2D eigenvalue weighted by Gasteiger charge is -2.14. The van der Waals surface area contributed by atoms with E-state index in [1.807, 2.05) is 6.07 Å². The molecular weight excluding hydrogens is 194 g/mol. The molecule has 1 heterocycles. The molecule has 1 aromatic rings. The lowest BCUT2D eigenvalue weighted by Crippen LogP contribution is -2.32. The number of hydrogen-bond donors (Lipinski definition) is 1. The van der Waals surface area contributed by atoms with Crippen molar-refractivity contribution in [1.82, 2.24) is 4.90 Å². The van der Waals surface area contributed by atoms with E-state index in [1.165, 1.54) is 4.90 Å². The van der Waals surface area contributed by atoms with Crippen LogP contribution in [0.2, 0.25) is 0 Å². The van der Waals surface area contributed by atoms with Crippen LogP contribution in [-0.4, -0.2) is 35.3 Å². The second-order valence-corrected chi connectivity index (χ2v) is 3.57. The summed E-state index contributed by atoms with van der Waals surface area (Å²) in [6.45, 7) is 0.929. The van der Waals surface area contributed by atoms with Gasteiger partial charge in [0.15, 0.2) is 0 Å². The number of aliphatic hydroxyl groups excluding tert-OH is 1. The molecule has 15 heavy (non-hydrogen) atoms. The van der Waals surface area contributed by atoms with E-state index in [2.05, 4.69) is 0 Å². The van der Waals surface area contributed by atoms with Gasteiger partial charge in [-0.25, -0.2) is 4.79 Å². The summed E-state index contributed by atoms with van der Waals surface area (Å²) in [5.74, 6) is 0.531. The summed E-state index contributed by atoms with van der Waals surface area (Å²) in [5, 5.41) is 9.27. The normalized spacial score (nSPS) is 20.3. The first kappa shape index (κ1) is 9.98. The fourth-order valence-corrected chi connectivity index (χ4v) is 1.56. The average molecular weight is 207 g/mol. The van der Waals surface area contributed by atoms with Crippen LogP contribution in [0.25, 0.3) is 0 Å². The third-order valence-corrected chi connectivity index (χ3v) is 2.37. The van der Waals surface area contributed by atoms with Crippen LogP contribution < -0.4 is 4.74 Å². The fourth-order valence-electron chi connectivity index (χ4n) is 1.56. The smallest absolute Gasteiger partial charge is 0.410 e. The highest BCUT2D eigenvalue weighted by molar-refractivity contribution is 5.71. The first-order valence-corrected chi connectivity index (χ1v) is 4.95. The van der Waals surface area contributed by atoms with Crippen molar-refractivity contribution >= 4 is 6.09 Å². The highest BCUT2D eigenvalue weighted by Gasteiger charge is 2.25. The van der Waals surface area contributed by atoms with Crippen LogP contribution in [0, 0.1) is 0 Å². The fraction of sp³-hybridized carbons (Fsp3) is 0.364. The Kier molecular flexibility index (Phi) is 2.87. The van der Waals surface area contributed by atoms with Crippen molar-refractivity contribution in [2.24, 2.45) is 0 Å². The van der Waals surface area contributed by atoms with Crippen molar-refractivity contribution in [3.8, 4) is 5.75 Å². The molecule has 1 aromatic carbocycles. The molecule has 4 nitrogen and oxygen atoms in total. The largest absolute Gasteiger partial charge is 0.415 e. The zero-order chi connectivity index (χ0) is 10.7. The minimum Gasteiger partial charge on any atom is -0.410 e. The van der Waals surface area contributed by atoms with Crippen molar-refractivity contribution in [1.29, 1.82) is 0 Å². The number of likely N-dealkylation sites (tertiary alicyclic amines) is 1. The van der Waals surface area contributed by atoms with Gasteiger partial charge in [-0.3, -0.25) is 0 Å². The van der Waals surface area contributed by atoms with E-state index in [-0.39, 0.29) is 0 Å². The van der Waals surface area contributed by atoms with E-state index in [1.54, 1.807) is 24.3 Å². The molecule has 0 saturated carbocycles. The summed E-state index contributed by atoms with van der Waals surface area (Å²) in [7, 11) is 0. The number of nitrogens with zero attached hydrogens (tertiary/aromatic N) is 1. The van der Waals surface area contributed by atoms with E-state index in [0.717, 1.165) is 0 Å². The van der Waals surface area contributed by atoms with Crippen LogP contribution in [-0.2, 0) is 0 Å². The van der Waals surface area contributed by atoms with Gasteiger partial charge in [0.25, 0.3) is 0 Å². The second kappa shape index (κ2) is 4.31.